The van der Waals surface area contributed by atoms with Crippen molar-refractivity contribution in [3.8, 4) is 0 Å². The van der Waals surface area contributed by atoms with E-state index in [1.54, 1.807) is 35.2 Å². The lowest BCUT2D eigenvalue weighted by molar-refractivity contribution is -0.123. The number of carbonyl (C=O) groups excluding carboxylic acids is 3. The molecule has 132 valence electrons. The predicted octanol–water partition coefficient (Wildman–Crippen LogP) is 3.01. The van der Waals surface area contributed by atoms with E-state index < -0.39 is 23.7 Å². The molecule has 2 aliphatic heterocycles. The Hall–Kier alpha value is -3.02. The normalized spacial score (nSPS) is 19.7. The van der Waals surface area contributed by atoms with Gasteiger partial charge in [0.15, 0.2) is 0 Å². The number of para-hydroxylation sites is 1. The number of imide groups is 1. The SMILES string of the molecule is O=C(c1ccccc1F)N1C(=O)C2CCCCN2C(=O)c2ccccc21. The summed E-state index contributed by atoms with van der Waals surface area (Å²) in [6.45, 7) is 0.477. The van der Waals surface area contributed by atoms with E-state index in [1.807, 2.05) is 0 Å². The molecule has 2 aromatic rings. The van der Waals surface area contributed by atoms with Gasteiger partial charge in [0.1, 0.15) is 11.9 Å². The van der Waals surface area contributed by atoms with Gasteiger partial charge in [0, 0.05) is 6.54 Å². The zero-order chi connectivity index (χ0) is 18.3. The van der Waals surface area contributed by atoms with Crippen LogP contribution in [0.2, 0.25) is 0 Å². The van der Waals surface area contributed by atoms with Crippen molar-refractivity contribution in [2.75, 3.05) is 11.4 Å². The molecule has 0 radical (unpaired) electrons. The van der Waals surface area contributed by atoms with Gasteiger partial charge in [-0.25, -0.2) is 9.29 Å². The molecule has 0 saturated carbocycles. The van der Waals surface area contributed by atoms with Crippen LogP contribution in [0.15, 0.2) is 48.5 Å². The quantitative estimate of drug-likeness (QED) is 0.742. The van der Waals surface area contributed by atoms with Gasteiger partial charge in [-0.3, -0.25) is 14.4 Å². The Morgan fingerprint density at radius 2 is 1.73 bits per heavy atom. The van der Waals surface area contributed by atoms with Crippen LogP contribution in [0.25, 0.3) is 0 Å². The fourth-order valence-corrected chi connectivity index (χ4v) is 3.67. The zero-order valence-corrected chi connectivity index (χ0v) is 14.0. The van der Waals surface area contributed by atoms with Gasteiger partial charge >= 0.3 is 0 Å². The molecule has 5 nitrogen and oxygen atoms in total. The summed E-state index contributed by atoms with van der Waals surface area (Å²) in [7, 11) is 0. The van der Waals surface area contributed by atoms with Crippen LogP contribution in [0.4, 0.5) is 10.1 Å². The third-order valence-electron chi connectivity index (χ3n) is 4.95. The molecule has 1 atom stereocenters. The second-order valence-corrected chi connectivity index (χ2v) is 6.49. The lowest BCUT2D eigenvalue weighted by Gasteiger charge is -2.34. The van der Waals surface area contributed by atoms with Gasteiger partial charge in [0.25, 0.3) is 17.7 Å². The highest BCUT2D eigenvalue weighted by molar-refractivity contribution is 6.26. The molecule has 1 fully saturated rings. The minimum Gasteiger partial charge on any atom is -0.327 e. The lowest BCUT2D eigenvalue weighted by atomic mass is 10.0. The molecule has 2 aliphatic rings. The maximum absolute atomic E-state index is 14.2. The fourth-order valence-electron chi connectivity index (χ4n) is 3.67. The van der Waals surface area contributed by atoms with E-state index in [1.165, 1.54) is 18.2 Å². The van der Waals surface area contributed by atoms with Crippen molar-refractivity contribution in [1.29, 1.82) is 0 Å². The number of halogens is 1. The summed E-state index contributed by atoms with van der Waals surface area (Å²) in [5.74, 6) is -2.18. The van der Waals surface area contributed by atoms with Gasteiger partial charge in [-0.15, -0.1) is 0 Å². The Morgan fingerprint density at radius 3 is 2.54 bits per heavy atom. The fraction of sp³-hybridized carbons (Fsp3) is 0.250. The molecular weight excluding hydrogens is 335 g/mol. The highest BCUT2D eigenvalue weighted by Crippen LogP contribution is 2.33. The first-order valence-corrected chi connectivity index (χ1v) is 8.62. The molecule has 0 N–H and O–H groups in total. The number of anilines is 1. The molecule has 0 spiro atoms. The predicted molar refractivity (Wildman–Crippen MR) is 93.3 cm³/mol. The number of nitrogens with zero attached hydrogens (tertiary/aromatic N) is 2. The number of hydrogen-bond donors (Lipinski definition) is 0. The monoisotopic (exact) mass is 352 g/mol. The first kappa shape index (κ1) is 16.4. The van der Waals surface area contributed by atoms with E-state index in [2.05, 4.69) is 0 Å². The van der Waals surface area contributed by atoms with Crippen molar-refractivity contribution in [3.63, 3.8) is 0 Å². The van der Waals surface area contributed by atoms with Crippen molar-refractivity contribution in [2.45, 2.75) is 25.3 Å². The summed E-state index contributed by atoms with van der Waals surface area (Å²) >= 11 is 0. The third-order valence-corrected chi connectivity index (χ3v) is 4.95. The van der Waals surface area contributed by atoms with Crippen LogP contribution in [0.3, 0.4) is 0 Å². The van der Waals surface area contributed by atoms with Crippen LogP contribution >= 0.6 is 0 Å². The van der Waals surface area contributed by atoms with Crippen LogP contribution in [0.5, 0.6) is 0 Å². The second-order valence-electron chi connectivity index (χ2n) is 6.49. The summed E-state index contributed by atoms with van der Waals surface area (Å²) < 4.78 is 14.2. The third kappa shape index (κ3) is 2.49. The van der Waals surface area contributed by atoms with Crippen LogP contribution in [-0.4, -0.2) is 35.2 Å². The summed E-state index contributed by atoms with van der Waals surface area (Å²) in [4.78, 5) is 41.7. The molecule has 1 saturated heterocycles. The number of piperidine rings is 1. The zero-order valence-electron chi connectivity index (χ0n) is 14.0. The Kier molecular flexibility index (Phi) is 4.03. The minimum atomic E-state index is -0.749. The number of hydrogen-bond acceptors (Lipinski definition) is 3. The van der Waals surface area contributed by atoms with Gasteiger partial charge in [0.05, 0.1) is 16.8 Å². The maximum atomic E-state index is 14.2. The van der Waals surface area contributed by atoms with Crippen molar-refractivity contribution in [2.24, 2.45) is 0 Å². The smallest absolute Gasteiger partial charge is 0.268 e. The first-order chi connectivity index (χ1) is 12.6. The van der Waals surface area contributed by atoms with Crippen molar-refractivity contribution in [3.05, 3.63) is 65.5 Å². The average molecular weight is 352 g/mol. The highest BCUT2D eigenvalue weighted by atomic mass is 19.1. The van der Waals surface area contributed by atoms with Gasteiger partial charge in [-0.1, -0.05) is 24.3 Å². The first-order valence-electron chi connectivity index (χ1n) is 8.62. The van der Waals surface area contributed by atoms with E-state index >= 15 is 0 Å². The maximum Gasteiger partial charge on any atom is 0.268 e. The van der Waals surface area contributed by atoms with Gasteiger partial charge in [-0.05, 0) is 43.5 Å². The van der Waals surface area contributed by atoms with E-state index in [0.29, 0.717) is 13.0 Å². The summed E-state index contributed by atoms with van der Waals surface area (Å²) in [5, 5.41) is 0. The average Bonchev–Trinajstić information content (AvgIpc) is 2.76. The standard InChI is InChI=1S/C20H17FN2O3/c21-15-9-3-1-7-13(15)19(25)23-16-10-4-2-8-14(16)18(24)22-12-6-5-11-17(22)20(23)26/h1-4,7-10,17H,5-6,11-12H2. The molecular formula is C20H17FN2O3. The molecule has 0 aliphatic carbocycles. The van der Waals surface area contributed by atoms with Crippen LogP contribution in [0, 0.1) is 5.82 Å². The molecule has 2 aromatic carbocycles. The number of fused-ring (bicyclic) bond motifs is 2. The second kappa shape index (κ2) is 6.37. The summed E-state index contributed by atoms with van der Waals surface area (Å²) in [5.41, 5.74) is 0.312. The van der Waals surface area contributed by atoms with Crippen molar-refractivity contribution < 1.29 is 18.8 Å². The van der Waals surface area contributed by atoms with Gasteiger partial charge in [-0.2, -0.15) is 0 Å². The Bertz CT molecular complexity index is 911. The number of rotatable bonds is 1. The lowest BCUT2D eigenvalue weighted by Crippen LogP contribution is -2.52. The highest BCUT2D eigenvalue weighted by Gasteiger charge is 2.43. The van der Waals surface area contributed by atoms with E-state index in [0.717, 1.165) is 17.7 Å². The van der Waals surface area contributed by atoms with Crippen LogP contribution < -0.4 is 4.90 Å². The number of amides is 3. The Morgan fingerprint density at radius 1 is 1.00 bits per heavy atom. The molecule has 0 bridgehead atoms. The summed E-state index contributed by atoms with van der Waals surface area (Å²) in [6, 6.07) is 11.4. The van der Waals surface area contributed by atoms with Gasteiger partial charge < -0.3 is 4.90 Å². The molecule has 4 rings (SSSR count). The van der Waals surface area contributed by atoms with Gasteiger partial charge in [0.2, 0.25) is 0 Å². The van der Waals surface area contributed by atoms with Crippen molar-refractivity contribution >= 4 is 23.4 Å². The molecule has 6 heteroatoms. The molecule has 26 heavy (non-hydrogen) atoms. The topological polar surface area (TPSA) is 57.7 Å². The number of benzene rings is 2. The Balaban J connectivity index is 1.88. The van der Waals surface area contributed by atoms with Crippen LogP contribution in [0.1, 0.15) is 40.0 Å². The van der Waals surface area contributed by atoms with Crippen LogP contribution in [-0.2, 0) is 4.79 Å². The van der Waals surface area contributed by atoms with E-state index in [9.17, 15) is 18.8 Å². The largest absolute Gasteiger partial charge is 0.327 e. The number of carbonyl (C=O) groups is 3. The summed E-state index contributed by atoms with van der Waals surface area (Å²) in [6.07, 6.45) is 2.12. The molecule has 2 heterocycles. The Labute approximate surface area is 150 Å². The van der Waals surface area contributed by atoms with Crippen molar-refractivity contribution in [1.82, 2.24) is 4.90 Å². The molecule has 1 unspecified atom stereocenters. The molecule has 3 amide bonds. The van der Waals surface area contributed by atoms with E-state index in [4.69, 9.17) is 0 Å². The molecule has 0 aromatic heterocycles. The minimum absolute atomic E-state index is 0.188. The van der Waals surface area contributed by atoms with E-state index in [-0.39, 0.29) is 22.7 Å².